The summed E-state index contributed by atoms with van der Waals surface area (Å²) in [6.07, 6.45) is 8.11. The number of thioether (sulfide) groups is 1. The van der Waals surface area contributed by atoms with Crippen LogP contribution in [0.1, 0.15) is 52.4 Å². The van der Waals surface area contributed by atoms with Gasteiger partial charge in [-0.2, -0.15) is 5.10 Å². The van der Waals surface area contributed by atoms with Gasteiger partial charge in [0.2, 0.25) is 5.91 Å². The molecule has 7 nitrogen and oxygen atoms in total. The van der Waals surface area contributed by atoms with Crippen molar-refractivity contribution in [3.63, 3.8) is 0 Å². The molecule has 0 saturated carbocycles. The number of rotatable bonds is 9. The van der Waals surface area contributed by atoms with Gasteiger partial charge in [-0.25, -0.2) is 14.6 Å². The highest BCUT2D eigenvalue weighted by Gasteiger charge is 2.20. The highest BCUT2D eigenvalue weighted by Crippen LogP contribution is 2.29. The molecule has 0 atom stereocenters. The smallest absolute Gasteiger partial charge is 0.220 e. The Hall–Kier alpha value is -1.83. The molecule has 0 radical (unpaired) electrons. The standard InChI is InChI=1S/C19H30N6OS/c1-3-8-16(26)20-9-12-25-18-15(14-21-25)17(24-10-6-5-7-11-24)22-19(23-18)27-13-4-2/h14H,3-13H2,1-2H3,(H,20,26). The molecule has 27 heavy (non-hydrogen) atoms. The first kappa shape index (κ1) is 19.9. The quantitative estimate of drug-likeness (QED) is 0.523. The maximum atomic E-state index is 11.7. The first-order valence-electron chi connectivity index (χ1n) is 10.1. The third-order valence-corrected chi connectivity index (χ3v) is 5.72. The van der Waals surface area contributed by atoms with Crippen LogP contribution in [-0.4, -0.2) is 51.0 Å². The molecule has 0 aliphatic carbocycles. The molecule has 0 aromatic carbocycles. The van der Waals surface area contributed by atoms with Crippen molar-refractivity contribution in [2.75, 3.05) is 30.3 Å². The van der Waals surface area contributed by atoms with Crippen LogP contribution in [0.4, 0.5) is 5.82 Å². The summed E-state index contributed by atoms with van der Waals surface area (Å²) in [5.74, 6) is 2.11. The van der Waals surface area contributed by atoms with Crippen molar-refractivity contribution in [2.24, 2.45) is 0 Å². The minimum Gasteiger partial charge on any atom is -0.356 e. The van der Waals surface area contributed by atoms with Gasteiger partial charge in [-0.3, -0.25) is 4.79 Å². The van der Waals surface area contributed by atoms with Crippen LogP contribution in [0.15, 0.2) is 11.4 Å². The lowest BCUT2D eigenvalue weighted by Gasteiger charge is -2.28. The van der Waals surface area contributed by atoms with Gasteiger partial charge in [0, 0.05) is 31.8 Å². The highest BCUT2D eigenvalue weighted by atomic mass is 32.2. The van der Waals surface area contributed by atoms with Crippen LogP contribution in [-0.2, 0) is 11.3 Å². The number of fused-ring (bicyclic) bond motifs is 1. The molecule has 2 aromatic rings. The molecule has 0 bridgehead atoms. The number of hydrogen-bond acceptors (Lipinski definition) is 6. The van der Waals surface area contributed by atoms with Crippen LogP contribution in [0.2, 0.25) is 0 Å². The molecule has 1 aliphatic rings. The average Bonchev–Trinajstić information content (AvgIpc) is 3.09. The Labute approximate surface area is 165 Å². The van der Waals surface area contributed by atoms with E-state index in [1.807, 2.05) is 17.8 Å². The Morgan fingerprint density at radius 2 is 2.00 bits per heavy atom. The normalized spacial score (nSPS) is 14.7. The second kappa shape index (κ2) is 9.92. The summed E-state index contributed by atoms with van der Waals surface area (Å²) < 4.78 is 1.90. The molecule has 0 unspecified atom stereocenters. The lowest BCUT2D eigenvalue weighted by atomic mass is 10.1. The summed E-state index contributed by atoms with van der Waals surface area (Å²) in [5, 5.41) is 9.33. The van der Waals surface area contributed by atoms with Crippen LogP contribution in [0.3, 0.4) is 0 Å². The van der Waals surface area contributed by atoms with E-state index in [1.165, 1.54) is 19.3 Å². The van der Waals surface area contributed by atoms with Crippen LogP contribution in [0, 0.1) is 0 Å². The summed E-state index contributed by atoms with van der Waals surface area (Å²) >= 11 is 1.70. The van der Waals surface area contributed by atoms with Crippen LogP contribution >= 0.6 is 11.8 Å². The number of piperidine rings is 1. The molecule has 1 amide bonds. The third kappa shape index (κ3) is 5.12. The van der Waals surface area contributed by atoms with Gasteiger partial charge >= 0.3 is 0 Å². The minimum absolute atomic E-state index is 0.0942. The summed E-state index contributed by atoms with van der Waals surface area (Å²) in [7, 11) is 0. The second-order valence-corrected chi connectivity index (χ2v) is 7.99. The molecule has 148 valence electrons. The SMILES string of the molecule is CCCSc1nc(N2CCCCC2)c2cnn(CCNC(=O)CCC)c2n1. The fourth-order valence-corrected chi connectivity index (χ4v) is 3.99. The predicted molar refractivity (Wildman–Crippen MR) is 110 cm³/mol. The molecular weight excluding hydrogens is 360 g/mol. The first-order valence-corrected chi connectivity index (χ1v) is 11.1. The minimum atomic E-state index is 0.0942. The largest absolute Gasteiger partial charge is 0.356 e. The van der Waals surface area contributed by atoms with Gasteiger partial charge in [-0.05, 0) is 32.1 Å². The van der Waals surface area contributed by atoms with Gasteiger partial charge < -0.3 is 10.2 Å². The number of anilines is 1. The van der Waals surface area contributed by atoms with E-state index in [2.05, 4.69) is 22.2 Å². The summed E-state index contributed by atoms with van der Waals surface area (Å²) in [6, 6.07) is 0. The van der Waals surface area contributed by atoms with Crippen molar-refractivity contribution in [1.29, 1.82) is 0 Å². The molecule has 8 heteroatoms. The van der Waals surface area contributed by atoms with Gasteiger partial charge in [0.25, 0.3) is 0 Å². The van der Waals surface area contributed by atoms with Gasteiger partial charge in [0.1, 0.15) is 5.82 Å². The second-order valence-electron chi connectivity index (χ2n) is 6.93. The molecule has 1 fully saturated rings. The zero-order valence-corrected chi connectivity index (χ0v) is 17.2. The molecule has 2 aromatic heterocycles. The number of aromatic nitrogens is 4. The zero-order valence-electron chi connectivity index (χ0n) is 16.4. The first-order chi connectivity index (χ1) is 13.2. The Morgan fingerprint density at radius 3 is 2.74 bits per heavy atom. The third-order valence-electron chi connectivity index (χ3n) is 4.67. The van der Waals surface area contributed by atoms with Crippen molar-refractivity contribution in [3.05, 3.63) is 6.20 Å². The lowest BCUT2D eigenvalue weighted by molar-refractivity contribution is -0.121. The topological polar surface area (TPSA) is 75.9 Å². The van der Waals surface area contributed by atoms with E-state index >= 15 is 0 Å². The monoisotopic (exact) mass is 390 g/mol. The number of nitrogens with zero attached hydrogens (tertiary/aromatic N) is 5. The van der Waals surface area contributed by atoms with E-state index in [9.17, 15) is 4.79 Å². The Kier molecular flexibility index (Phi) is 7.32. The van der Waals surface area contributed by atoms with Crippen molar-refractivity contribution in [2.45, 2.75) is 64.1 Å². The van der Waals surface area contributed by atoms with Crippen molar-refractivity contribution in [3.8, 4) is 0 Å². The van der Waals surface area contributed by atoms with E-state index in [0.29, 0.717) is 19.5 Å². The Bertz CT molecular complexity index is 756. The number of amides is 1. The number of carbonyl (C=O) groups is 1. The van der Waals surface area contributed by atoms with Crippen molar-refractivity contribution in [1.82, 2.24) is 25.1 Å². The Morgan fingerprint density at radius 1 is 1.19 bits per heavy atom. The summed E-state index contributed by atoms with van der Waals surface area (Å²) in [5.41, 5.74) is 0.869. The van der Waals surface area contributed by atoms with Gasteiger partial charge in [-0.1, -0.05) is 25.6 Å². The molecule has 1 N–H and O–H groups in total. The fourth-order valence-electron chi connectivity index (χ4n) is 3.31. The van der Waals surface area contributed by atoms with E-state index in [-0.39, 0.29) is 5.91 Å². The van der Waals surface area contributed by atoms with Crippen LogP contribution < -0.4 is 10.2 Å². The van der Waals surface area contributed by atoms with E-state index in [4.69, 9.17) is 9.97 Å². The van der Waals surface area contributed by atoms with Gasteiger partial charge in [0.05, 0.1) is 18.1 Å². The highest BCUT2D eigenvalue weighted by molar-refractivity contribution is 7.99. The molecule has 3 heterocycles. The average molecular weight is 391 g/mol. The maximum absolute atomic E-state index is 11.7. The Balaban J connectivity index is 1.83. The predicted octanol–water partition coefficient (Wildman–Crippen LogP) is 3.24. The molecule has 3 rings (SSSR count). The zero-order chi connectivity index (χ0) is 19.1. The number of nitrogens with one attached hydrogen (secondary N) is 1. The van der Waals surface area contributed by atoms with Crippen molar-refractivity contribution < 1.29 is 4.79 Å². The molecule has 1 saturated heterocycles. The molecule has 0 spiro atoms. The van der Waals surface area contributed by atoms with Crippen molar-refractivity contribution >= 4 is 34.5 Å². The summed E-state index contributed by atoms with van der Waals surface area (Å²) in [4.78, 5) is 23.7. The van der Waals surface area contributed by atoms with E-state index < -0.39 is 0 Å². The van der Waals surface area contributed by atoms with Gasteiger partial charge in [-0.15, -0.1) is 0 Å². The number of hydrogen-bond donors (Lipinski definition) is 1. The number of carbonyl (C=O) groups excluding carboxylic acids is 1. The fraction of sp³-hybridized carbons (Fsp3) is 0.684. The van der Waals surface area contributed by atoms with E-state index in [1.54, 1.807) is 11.8 Å². The molecular formula is C19H30N6OS. The summed E-state index contributed by atoms with van der Waals surface area (Å²) in [6.45, 7) is 7.45. The van der Waals surface area contributed by atoms with E-state index in [0.717, 1.165) is 53.7 Å². The maximum Gasteiger partial charge on any atom is 0.220 e. The van der Waals surface area contributed by atoms with Gasteiger partial charge in [0.15, 0.2) is 10.8 Å². The lowest BCUT2D eigenvalue weighted by Crippen LogP contribution is -2.30. The molecule has 1 aliphatic heterocycles. The van der Waals surface area contributed by atoms with Crippen LogP contribution in [0.25, 0.3) is 11.0 Å². The van der Waals surface area contributed by atoms with Crippen LogP contribution in [0.5, 0.6) is 0 Å².